The van der Waals surface area contributed by atoms with Gasteiger partial charge in [-0.3, -0.25) is 0 Å². The molecule has 0 spiro atoms. The van der Waals surface area contributed by atoms with Crippen molar-refractivity contribution in [3.63, 3.8) is 0 Å². The molecule has 3 aliphatic heterocycles. The first-order valence-corrected chi connectivity index (χ1v) is 13.8. The van der Waals surface area contributed by atoms with Crippen LogP contribution in [0.2, 0.25) is 0 Å². The molecule has 200 valence electrons. The maximum Gasteiger partial charge on any atom is 0.232 e. The van der Waals surface area contributed by atoms with E-state index in [1.54, 1.807) is 0 Å². The van der Waals surface area contributed by atoms with E-state index in [9.17, 15) is 4.39 Å². The Balaban J connectivity index is 1.33. The molecule has 1 aromatic heterocycles. The van der Waals surface area contributed by atoms with Crippen LogP contribution in [0, 0.1) is 5.82 Å². The van der Waals surface area contributed by atoms with E-state index < -0.39 is 0 Å². The van der Waals surface area contributed by atoms with E-state index >= 15 is 0 Å². The molecule has 2 N–H and O–H groups in total. The van der Waals surface area contributed by atoms with Gasteiger partial charge in [-0.2, -0.15) is 9.97 Å². The highest BCUT2D eigenvalue weighted by Gasteiger charge is 2.34. The van der Waals surface area contributed by atoms with Crippen molar-refractivity contribution in [2.75, 3.05) is 67.7 Å². The Morgan fingerprint density at radius 1 is 1.03 bits per heavy atom. The minimum Gasteiger partial charge on any atom is -0.381 e. The van der Waals surface area contributed by atoms with Gasteiger partial charge in [0, 0.05) is 56.9 Å². The van der Waals surface area contributed by atoms with E-state index in [0.717, 1.165) is 56.1 Å². The van der Waals surface area contributed by atoms with E-state index in [4.69, 9.17) is 31.7 Å². The molecule has 3 fully saturated rings. The zero-order chi connectivity index (χ0) is 25.7. The molecule has 2 aromatic rings. The van der Waals surface area contributed by atoms with Gasteiger partial charge in [-0.25, -0.2) is 4.39 Å². The highest BCUT2D eigenvalue weighted by Crippen LogP contribution is 2.34. The van der Waals surface area contributed by atoms with Crippen molar-refractivity contribution in [2.45, 2.75) is 50.5 Å². The highest BCUT2D eigenvalue weighted by molar-refractivity contribution is 7.80. The summed E-state index contributed by atoms with van der Waals surface area (Å²) >= 11 is 5.71. The van der Waals surface area contributed by atoms with Crippen LogP contribution in [0.5, 0.6) is 0 Å². The molecule has 0 radical (unpaired) electrons. The minimum absolute atomic E-state index is 0.178. The Bertz CT molecular complexity index is 1060. The van der Waals surface area contributed by atoms with Gasteiger partial charge in [0.15, 0.2) is 5.11 Å². The van der Waals surface area contributed by atoms with E-state index in [2.05, 4.69) is 33.4 Å². The van der Waals surface area contributed by atoms with Gasteiger partial charge < -0.3 is 29.9 Å². The van der Waals surface area contributed by atoms with Gasteiger partial charge in [-0.1, -0.05) is 12.1 Å². The number of hydrogen-bond donors (Lipinski definition) is 2. The Morgan fingerprint density at radius 3 is 2.46 bits per heavy atom. The first kappa shape index (κ1) is 26.1. The maximum absolute atomic E-state index is 13.6. The van der Waals surface area contributed by atoms with Gasteiger partial charge in [-0.15, -0.1) is 0 Å². The zero-order valence-corrected chi connectivity index (χ0v) is 22.4. The molecular weight excluding hydrogens is 491 g/mol. The zero-order valence-electron chi connectivity index (χ0n) is 21.5. The number of benzene rings is 1. The molecule has 4 heterocycles. The summed E-state index contributed by atoms with van der Waals surface area (Å²) in [5, 5.41) is 7.14. The summed E-state index contributed by atoms with van der Waals surface area (Å²) in [4.78, 5) is 14.3. The van der Waals surface area contributed by atoms with Crippen LogP contribution in [0.4, 0.5) is 22.0 Å². The molecule has 0 saturated carbocycles. The Morgan fingerprint density at radius 2 is 1.73 bits per heavy atom. The van der Waals surface area contributed by atoms with E-state index in [0.29, 0.717) is 50.1 Å². The average Bonchev–Trinajstić information content (AvgIpc) is 2.93. The molecule has 0 amide bonds. The predicted octanol–water partition coefficient (Wildman–Crippen LogP) is 3.87. The molecule has 37 heavy (non-hydrogen) atoms. The van der Waals surface area contributed by atoms with Gasteiger partial charge in [0.05, 0.1) is 13.2 Å². The van der Waals surface area contributed by atoms with Crippen molar-refractivity contribution in [1.82, 2.24) is 15.3 Å². The molecule has 0 aliphatic carbocycles. The standard InChI is InChI=1S/C27H37FN6O2S/c1-20-4-2-3-11-34(20)24-18-23(33-12-16-36-17-13-33)30-25(31-24)32-26(37)29-19-27(9-14-35-15-10-27)21-5-7-22(28)8-6-21/h5-8,18,20H,2-4,9-17,19H2,1H3,(H2,29,30,31,32,37)/t20-/m1/s1. The molecule has 0 bridgehead atoms. The van der Waals surface area contributed by atoms with Gasteiger partial charge in [0.1, 0.15) is 17.5 Å². The number of nitrogens with zero attached hydrogens (tertiary/aromatic N) is 4. The van der Waals surface area contributed by atoms with E-state index in [1.807, 2.05) is 12.1 Å². The first-order chi connectivity index (χ1) is 18.0. The lowest BCUT2D eigenvalue weighted by Gasteiger charge is -2.38. The van der Waals surface area contributed by atoms with Gasteiger partial charge in [0.2, 0.25) is 5.95 Å². The third-order valence-electron chi connectivity index (χ3n) is 7.85. The molecule has 5 rings (SSSR count). The van der Waals surface area contributed by atoms with Crippen LogP contribution in [-0.2, 0) is 14.9 Å². The number of thiocarbonyl (C=S) groups is 1. The summed E-state index contributed by atoms with van der Waals surface area (Å²) in [7, 11) is 0. The van der Waals surface area contributed by atoms with E-state index in [-0.39, 0.29) is 11.2 Å². The van der Waals surface area contributed by atoms with Crippen molar-refractivity contribution in [3.05, 3.63) is 41.7 Å². The number of aromatic nitrogens is 2. The molecule has 0 unspecified atom stereocenters. The first-order valence-electron chi connectivity index (χ1n) is 13.4. The van der Waals surface area contributed by atoms with Gasteiger partial charge in [0.25, 0.3) is 0 Å². The van der Waals surface area contributed by atoms with Crippen LogP contribution < -0.4 is 20.4 Å². The Kier molecular flexibility index (Phi) is 8.36. The second kappa shape index (κ2) is 11.9. The second-order valence-electron chi connectivity index (χ2n) is 10.3. The fourth-order valence-electron chi connectivity index (χ4n) is 5.55. The lowest BCUT2D eigenvalue weighted by atomic mass is 9.74. The summed E-state index contributed by atoms with van der Waals surface area (Å²) in [6, 6.07) is 9.33. The van der Waals surface area contributed by atoms with Crippen LogP contribution >= 0.6 is 12.2 Å². The Hall–Kier alpha value is -2.56. The average molecular weight is 529 g/mol. The van der Waals surface area contributed by atoms with Crippen LogP contribution in [0.1, 0.15) is 44.6 Å². The minimum atomic E-state index is -0.229. The van der Waals surface area contributed by atoms with Crippen LogP contribution in [0.15, 0.2) is 30.3 Å². The number of morpholine rings is 1. The number of hydrogen-bond acceptors (Lipinski definition) is 7. The van der Waals surface area contributed by atoms with Crippen LogP contribution in [-0.4, -0.2) is 73.7 Å². The van der Waals surface area contributed by atoms with Crippen molar-refractivity contribution in [1.29, 1.82) is 0 Å². The summed E-state index contributed by atoms with van der Waals surface area (Å²) in [5.74, 6) is 2.09. The third kappa shape index (κ3) is 6.30. The molecule has 1 atom stereocenters. The SMILES string of the molecule is C[C@@H]1CCCCN1c1cc(N2CCOCC2)nc(NC(=S)NCC2(c3ccc(F)cc3)CCOCC2)n1. The number of piperidine rings is 1. The lowest BCUT2D eigenvalue weighted by molar-refractivity contribution is 0.0515. The fourth-order valence-corrected chi connectivity index (χ4v) is 5.71. The van der Waals surface area contributed by atoms with Crippen LogP contribution in [0.3, 0.4) is 0 Å². The fraction of sp³-hybridized carbons (Fsp3) is 0.593. The highest BCUT2D eigenvalue weighted by atomic mass is 32.1. The lowest BCUT2D eigenvalue weighted by Crippen LogP contribution is -2.45. The van der Waals surface area contributed by atoms with E-state index in [1.165, 1.54) is 25.0 Å². The number of ether oxygens (including phenoxy) is 2. The van der Waals surface area contributed by atoms with Crippen LogP contribution in [0.25, 0.3) is 0 Å². The Labute approximate surface area is 223 Å². The van der Waals surface area contributed by atoms with Crippen molar-refractivity contribution < 1.29 is 13.9 Å². The topological polar surface area (TPSA) is 74.8 Å². The monoisotopic (exact) mass is 528 g/mol. The summed E-state index contributed by atoms with van der Waals surface area (Å²) < 4.78 is 24.8. The second-order valence-corrected chi connectivity index (χ2v) is 10.7. The quantitative estimate of drug-likeness (QED) is 0.544. The number of nitrogens with one attached hydrogen (secondary N) is 2. The maximum atomic E-state index is 13.6. The number of rotatable bonds is 6. The molecule has 10 heteroatoms. The van der Waals surface area contributed by atoms with Gasteiger partial charge in [-0.05, 0) is 68.9 Å². The summed E-state index contributed by atoms with van der Waals surface area (Å²) in [5.41, 5.74) is 0.919. The normalized spacial score (nSPS) is 21.9. The molecule has 8 nitrogen and oxygen atoms in total. The number of halogens is 1. The summed E-state index contributed by atoms with van der Waals surface area (Å²) in [6.45, 7) is 8.19. The number of anilines is 3. The molecule has 3 aliphatic rings. The largest absolute Gasteiger partial charge is 0.381 e. The molecule has 3 saturated heterocycles. The molecular formula is C27H37FN6O2S. The third-order valence-corrected chi connectivity index (χ3v) is 8.10. The predicted molar refractivity (Wildman–Crippen MR) is 148 cm³/mol. The van der Waals surface area contributed by atoms with Gasteiger partial charge >= 0.3 is 0 Å². The summed E-state index contributed by atoms with van der Waals surface area (Å²) in [6.07, 6.45) is 5.26. The van der Waals surface area contributed by atoms with Crippen molar-refractivity contribution >= 4 is 34.9 Å². The smallest absolute Gasteiger partial charge is 0.232 e. The van der Waals surface area contributed by atoms with Crippen molar-refractivity contribution in [2.24, 2.45) is 0 Å². The van der Waals surface area contributed by atoms with Crippen molar-refractivity contribution in [3.8, 4) is 0 Å². The molecule has 1 aromatic carbocycles.